The molecule has 1 aliphatic rings. The zero-order valence-corrected chi connectivity index (χ0v) is 5.69. The van der Waals surface area contributed by atoms with E-state index in [1.807, 2.05) is 0 Å². The van der Waals surface area contributed by atoms with Crippen molar-refractivity contribution < 1.29 is 5.11 Å². The van der Waals surface area contributed by atoms with Crippen LogP contribution in [0.2, 0.25) is 0 Å². The van der Waals surface area contributed by atoms with Crippen molar-refractivity contribution in [3.8, 4) is 0 Å². The summed E-state index contributed by atoms with van der Waals surface area (Å²) in [5.41, 5.74) is 0. The van der Waals surface area contributed by atoms with Crippen LogP contribution in [-0.4, -0.2) is 5.11 Å². The van der Waals surface area contributed by atoms with Crippen LogP contribution in [0.4, 0.5) is 0 Å². The summed E-state index contributed by atoms with van der Waals surface area (Å²) in [5, 5.41) is 9.02. The van der Waals surface area contributed by atoms with Crippen molar-refractivity contribution in [3.63, 3.8) is 0 Å². The lowest BCUT2D eigenvalue weighted by Gasteiger charge is -2.03. The molecule has 0 aliphatic heterocycles. The van der Waals surface area contributed by atoms with Crippen molar-refractivity contribution in [3.05, 3.63) is 11.8 Å². The molecule has 0 fully saturated rings. The molecule has 1 radical (unpaired) electrons. The molecular formula is C8H13O. The van der Waals surface area contributed by atoms with Gasteiger partial charge in [-0.1, -0.05) is 12.8 Å². The summed E-state index contributed by atoms with van der Waals surface area (Å²) in [6.45, 7) is 0. The van der Waals surface area contributed by atoms with Crippen LogP contribution in [0, 0.1) is 6.08 Å². The van der Waals surface area contributed by atoms with E-state index in [0.717, 1.165) is 19.3 Å². The number of hydrogen-bond acceptors (Lipinski definition) is 1. The predicted octanol–water partition coefficient (Wildman–Crippen LogP) is 2.59. The minimum Gasteiger partial charge on any atom is -0.512 e. The highest BCUT2D eigenvalue weighted by Gasteiger charge is 1.98. The number of rotatable bonds is 0. The fourth-order valence-corrected chi connectivity index (χ4v) is 1.09. The van der Waals surface area contributed by atoms with Crippen LogP contribution in [0.5, 0.6) is 0 Å². The maximum absolute atomic E-state index is 9.02. The van der Waals surface area contributed by atoms with Crippen LogP contribution in [-0.2, 0) is 0 Å². The molecule has 0 unspecified atom stereocenters. The van der Waals surface area contributed by atoms with Gasteiger partial charge in [0.25, 0.3) is 0 Å². The van der Waals surface area contributed by atoms with Gasteiger partial charge in [-0.2, -0.15) is 0 Å². The average molecular weight is 125 g/mol. The minimum atomic E-state index is 0.481. The van der Waals surface area contributed by atoms with E-state index in [2.05, 4.69) is 6.08 Å². The number of hydrogen-bond donors (Lipinski definition) is 1. The van der Waals surface area contributed by atoms with Gasteiger partial charge in [0.05, 0.1) is 5.76 Å². The largest absolute Gasteiger partial charge is 0.512 e. The van der Waals surface area contributed by atoms with Crippen molar-refractivity contribution >= 4 is 0 Å². The van der Waals surface area contributed by atoms with Crippen molar-refractivity contribution in [1.82, 2.24) is 0 Å². The van der Waals surface area contributed by atoms with Crippen molar-refractivity contribution in [2.24, 2.45) is 0 Å². The smallest absolute Gasteiger partial charge is 0.0958 e. The van der Waals surface area contributed by atoms with Gasteiger partial charge in [-0.3, -0.25) is 0 Å². The average Bonchev–Trinajstić information content (AvgIpc) is 1.79. The third-order valence-electron chi connectivity index (χ3n) is 1.67. The first-order chi connectivity index (χ1) is 4.39. The Bertz CT molecular complexity index is 105. The van der Waals surface area contributed by atoms with Gasteiger partial charge in [0.2, 0.25) is 0 Å². The molecule has 0 aromatic rings. The maximum atomic E-state index is 9.02. The summed E-state index contributed by atoms with van der Waals surface area (Å²) < 4.78 is 0. The monoisotopic (exact) mass is 125 g/mol. The molecule has 0 atom stereocenters. The molecule has 0 aromatic heterocycles. The lowest BCUT2D eigenvalue weighted by molar-refractivity contribution is 0.368. The quantitative estimate of drug-likeness (QED) is 0.527. The van der Waals surface area contributed by atoms with Crippen LogP contribution in [0.3, 0.4) is 0 Å². The predicted molar refractivity (Wildman–Crippen MR) is 37.1 cm³/mol. The second-order valence-electron chi connectivity index (χ2n) is 2.54. The SMILES string of the molecule is O/C1=[C]/CCCCCC1. The number of aliphatic hydroxyl groups is 1. The van der Waals surface area contributed by atoms with E-state index in [0.29, 0.717) is 5.76 Å². The maximum Gasteiger partial charge on any atom is 0.0958 e. The van der Waals surface area contributed by atoms with E-state index < -0.39 is 0 Å². The van der Waals surface area contributed by atoms with Crippen molar-refractivity contribution in [1.29, 1.82) is 0 Å². The molecule has 1 nitrogen and oxygen atoms in total. The lowest BCUT2D eigenvalue weighted by atomic mass is 10.1. The Morgan fingerprint density at radius 3 is 2.78 bits per heavy atom. The number of aliphatic hydroxyl groups excluding tert-OH is 1. The van der Waals surface area contributed by atoms with E-state index in [1.54, 1.807) is 0 Å². The molecule has 1 rings (SSSR count). The molecule has 0 bridgehead atoms. The molecular weight excluding hydrogens is 112 g/mol. The third kappa shape index (κ3) is 2.54. The molecule has 0 spiro atoms. The highest BCUT2D eigenvalue weighted by atomic mass is 16.3. The summed E-state index contributed by atoms with van der Waals surface area (Å²) in [7, 11) is 0. The van der Waals surface area contributed by atoms with Crippen LogP contribution < -0.4 is 0 Å². The van der Waals surface area contributed by atoms with E-state index >= 15 is 0 Å². The first-order valence-electron chi connectivity index (χ1n) is 3.68. The minimum absolute atomic E-state index is 0.481. The van der Waals surface area contributed by atoms with E-state index in [4.69, 9.17) is 5.11 Å². The Hall–Kier alpha value is -0.460. The van der Waals surface area contributed by atoms with Gasteiger partial charge in [-0.15, -0.1) is 0 Å². The molecule has 51 valence electrons. The molecule has 1 heteroatoms. The highest BCUT2D eigenvalue weighted by Crippen LogP contribution is 2.13. The summed E-state index contributed by atoms with van der Waals surface area (Å²) >= 11 is 0. The highest BCUT2D eigenvalue weighted by molar-refractivity contribution is 4.84. The topological polar surface area (TPSA) is 20.2 Å². The van der Waals surface area contributed by atoms with E-state index in [9.17, 15) is 0 Å². The Morgan fingerprint density at radius 2 is 1.89 bits per heavy atom. The van der Waals surface area contributed by atoms with Gasteiger partial charge in [0.1, 0.15) is 0 Å². The molecule has 9 heavy (non-hydrogen) atoms. The summed E-state index contributed by atoms with van der Waals surface area (Å²) in [6.07, 6.45) is 9.67. The lowest BCUT2D eigenvalue weighted by Crippen LogP contribution is -1.88. The summed E-state index contributed by atoms with van der Waals surface area (Å²) in [6, 6.07) is 0. The van der Waals surface area contributed by atoms with Crippen LogP contribution in [0.15, 0.2) is 5.76 Å². The van der Waals surface area contributed by atoms with Crippen LogP contribution in [0.25, 0.3) is 0 Å². The Labute approximate surface area is 56.4 Å². The third-order valence-corrected chi connectivity index (χ3v) is 1.67. The van der Waals surface area contributed by atoms with Crippen LogP contribution >= 0.6 is 0 Å². The molecule has 0 saturated heterocycles. The molecule has 0 saturated carbocycles. The first-order valence-corrected chi connectivity index (χ1v) is 3.68. The van der Waals surface area contributed by atoms with Gasteiger partial charge in [-0.25, -0.2) is 0 Å². The molecule has 0 amide bonds. The van der Waals surface area contributed by atoms with Crippen LogP contribution in [0.1, 0.15) is 38.5 Å². The second-order valence-corrected chi connectivity index (χ2v) is 2.54. The van der Waals surface area contributed by atoms with E-state index in [1.165, 1.54) is 19.3 Å². The normalized spacial score (nSPS) is 27.8. The first kappa shape index (κ1) is 6.66. The zero-order valence-electron chi connectivity index (χ0n) is 5.69. The molecule has 1 aliphatic carbocycles. The second kappa shape index (κ2) is 3.54. The molecule has 0 aromatic carbocycles. The fourth-order valence-electron chi connectivity index (χ4n) is 1.09. The van der Waals surface area contributed by atoms with E-state index in [-0.39, 0.29) is 0 Å². The van der Waals surface area contributed by atoms with Gasteiger partial charge in [-0.05, 0) is 25.3 Å². The molecule has 1 N–H and O–H groups in total. The Balaban J connectivity index is 2.32. The van der Waals surface area contributed by atoms with Crippen molar-refractivity contribution in [2.75, 3.05) is 0 Å². The summed E-state index contributed by atoms with van der Waals surface area (Å²) in [4.78, 5) is 0. The van der Waals surface area contributed by atoms with Gasteiger partial charge in [0.15, 0.2) is 0 Å². The van der Waals surface area contributed by atoms with Gasteiger partial charge in [0, 0.05) is 6.42 Å². The van der Waals surface area contributed by atoms with Gasteiger partial charge < -0.3 is 5.11 Å². The standard InChI is InChI=1S/C8H13O/c9-8-6-4-2-1-3-5-7-8/h9H,1-6H2. The van der Waals surface area contributed by atoms with Crippen molar-refractivity contribution in [2.45, 2.75) is 38.5 Å². The Kier molecular flexibility index (Phi) is 2.62. The Morgan fingerprint density at radius 1 is 1.11 bits per heavy atom. The zero-order chi connectivity index (χ0) is 6.53. The molecule has 0 heterocycles. The fraction of sp³-hybridized carbons (Fsp3) is 0.750. The summed E-state index contributed by atoms with van der Waals surface area (Å²) in [5.74, 6) is 0.481. The number of allylic oxidation sites excluding steroid dienone is 2. The van der Waals surface area contributed by atoms with Gasteiger partial charge >= 0.3 is 0 Å².